The molecule has 0 spiro atoms. The summed E-state index contributed by atoms with van der Waals surface area (Å²) in [6.45, 7) is 1.97. The van der Waals surface area contributed by atoms with Crippen molar-refractivity contribution in [2.75, 3.05) is 5.73 Å². The molecule has 0 aliphatic heterocycles. The van der Waals surface area contributed by atoms with Gasteiger partial charge in [-0.15, -0.1) is 0 Å². The van der Waals surface area contributed by atoms with Crippen LogP contribution in [0.15, 0.2) is 0 Å². The van der Waals surface area contributed by atoms with E-state index in [4.69, 9.17) is 5.73 Å². The average molecular weight is 205 g/mol. The van der Waals surface area contributed by atoms with Crippen molar-refractivity contribution in [2.24, 2.45) is 7.05 Å². The van der Waals surface area contributed by atoms with E-state index in [-0.39, 0.29) is 0 Å². The van der Waals surface area contributed by atoms with Crippen molar-refractivity contribution in [1.29, 1.82) is 0 Å². The lowest BCUT2D eigenvalue weighted by molar-refractivity contribution is 0.321. The fraction of sp³-hybridized carbons (Fsp3) is 0.600. The van der Waals surface area contributed by atoms with E-state index < -0.39 is 0 Å². The Morgan fingerprint density at radius 2 is 2.13 bits per heavy atom. The Labute approximate surface area is 87.9 Å². The summed E-state index contributed by atoms with van der Waals surface area (Å²) in [4.78, 5) is 4.39. The molecule has 3 rings (SSSR count). The third-order valence-corrected chi connectivity index (χ3v) is 3.30. The SMILES string of the molecule is Cc1nn(C)c2c1nc(N)n2C1CCC1. The van der Waals surface area contributed by atoms with Gasteiger partial charge in [-0.3, -0.25) is 9.25 Å². The van der Waals surface area contributed by atoms with Gasteiger partial charge < -0.3 is 5.73 Å². The molecule has 0 saturated heterocycles. The van der Waals surface area contributed by atoms with Crippen LogP contribution in [0.5, 0.6) is 0 Å². The molecule has 2 aromatic rings. The quantitative estimate of drug-likeness (QED) is 0.765. The van der Waals surface area contributed by atoms with Crippen molar-refractivity contribution in [2.45, 2.75) is 32.2 Å². The summed E-state index contributed by atoms with van der Waals surface area (Å²) in [7, 11) is 1.95. The lowest BCUT2D eigenvalue weighted by atomic mass is 9.93. The van der Waals surface area contributed by atoms with E-state index in [0.717, 1.165) is 16.9 Å². The number of imidazole rings is 1. The highest BCUT2D eigenvalue weighted by atomic mass is 15.4. The van der Waals surface area contributed by atoms with Gasteiger partial charge in [-0.25, -0.2) is 4.98 Å². The predicted octanol–water partition coefficient (Wildman–Crippen LogP) is 1.39. The molecule has 1 aliphatic rings. The summed E-state index contributed by atoms with van der Waals surface area (Å²) in [5.41, 5.74) is 8.92. The minimum atomic E-state index is 0.532. The van der Waals surface area contributed by atoms with Crippen molar-refractivity contribution in [1.82, 2.24) is 19.3 Å². The maximum Gasteiger partial charge on any atom is 0.202 e. The molecule has 5 nitrogen and oxygen atoms in total. The van der Waals surface area contributed by atoms with Gasteiger partial charge in [0.15, 0.2) is 5.65 Å². The van der Waals surface area contributed by atoms with E-state index in [0.29, 0.717) is 12.0 Å². The molecule has 1 fully saturated rings. The lowest BCUT2D eigenvalue weighted by Gasteiger charge is -2.27. The van der Waals surface area contributed by atoms with Gasteiger partial charge in [-0.05, 0) is 26.2 Å². The van der Waals surface area contributed by atoms with Crippen molar-refractivity contribution in [3.63, 3.8) is 0 Å². The summed E-state index contributed by atoms with van der Waals surface area (Å²) in [5.74, 6) is 0.630. The molecule has 0 radical (unpaired) electrons. The number of nitrogens with zero attached hydrogens (tertiary/aromatic N) is 4. The Morgan fingerprint density at radius 3 is 2.73 bits per heavy atom. The molecular formula is C10H15N5. The second-order valence-corrected chi connectivity index (χ2v) is 4.31. The van der Waals surface area contributed by atoms with E-state index in [2.05, 4.69) is 14.6 Å². The number of hydrogen-bond acceptors (Lipinski definition) is 3. The molecule has 0 aromatic carbocycles. The number of hydrogen-bond donors (Lipinski definition) is 1. The maximum absolute atomic E-state index is 5.96. The van der Waals surface area contributed by atoms with E-state index >= 15 is 0 Å². The van der Waals surface area contributed by atoms with Gasteiger partial charge in [-0.1, -0.05) is 0 Å². The van der Waals surface area contributed by atoms with Crippen molar-refractivity contribution >= 4 is 17.1 Å². The summed E-state index contributed by atoms with van der Waals surface area (Å²) >= 11 is 0. The van der Waals surface area contributed by atoms with Crippen LogP contribution in [-0.4, -0.2) is 19.3 Å². The number of rotatable bonds is 1. The second kappa shape index (κ2) is 2.74. The van der Waals surface area contributed by atoms with Crippen LogP contribution >= 0.6 is 0 Å². The van der Waals surface area contributed by atoms with Crippen LogP contribution < -0.4 is 5.73 Å². The number of aryl methyl sites for hydroxylation is 2. The molecule has 15 heavy (non-hydrogen) atoms. The molecule has 2 N–H and O–H groups in total. The van der Waals surface area contributed by atoms with E-state index in [9.17, 15) is 0 Å². The van der Waals surface area contributed by atoms with E-state index in [1.54, 1.807) is 0 Å². The van der Waals surface area contributed by atoms with Gasteiger partial charge in [0, 0.05) is 13.1 Å². The van der Waals surface area contributed by atoms with E-state index in [1.807, 2.05) is 18.7 Å². The van der Waals surface area contributed by atoms with Crippen LogP contribution in [-0.2, 0) is 7.05 Å². The molecule has 2 heterocycles. The lowest BCUT2D eigenvalue weighted by Crippen LogP contribution is -2.19. The fourth-order valence-electron chi connectivity index (χ4n) is 2.32. The predicted molar refractivity (Wildman–Crippen MR) is 58.5 cm³/mol. The zero-order valence-electron chi connectivity index (χ0n) is 9.06. The Balaban J connectivity index is 2.30. The highest BCUT2D eigenvalue weighted by molar-refractivity contribution is 5.77. The van der Waals surface area contributed by atoms with Gasteiger partial charge in [0.25, 0.3) is 0 Å². The standard InChI is InChI=1S/C10H15N5/c1-6-8-9(14(2)13-6)15(10(11)12-8)7-4-3-5-7/h7H,3-5H2,1-2H3,(H2,11,12). The van der Waals surface area contributed by atoms with Crippen LogP contribution in [0, 0.1) is 6.92 Å². The third kappa shape index (κ3) is 1.03. The summed E-state index contributed by atoms with van der Waals surface area (Å²) < 4.78 is 4.02. The average Bonchev–Trinajstić information content (AvgIpc) is 2.53. The summed E-state index contributed by atoms with van der Waals surface area (Å²) in [6.07, 6.45) is 3.71. The van der Waals surface area contributed by atoms with Crippen molar-refractivity contribution in [3.05, 3.63) is 5.69 Å². The zero-order valence-corrected chi connectivity index (χ0v) is 9.06. The first kappa shape index (κ1) is 8.76. The largest absolute Gasteiger partial charge is 0.369 e. The second-order valence-electron chi connectivity index (χ2n) is 4.31. The highest BCUT2D eigenvalue weighted by Gasteiger charge is 2.26. The summed E-state index contributed by atoms with van der Waals surface area (Å²) in [5, 5.41) is 4.37. The van der Waals surface area contributed by atoms with Crippen LogP contribution in [0.3, 0.4) is 0 Å². The smallest absolute Gasteiger partial charge is 0.202 e. The van der Waals surface area contributed by atoms with Crippen LogP contribution in [0.25, 0.3) is 11.2 Å². The molecular weight excluding hydrogens is 190 g/mol. The number of fused-ring (bicyclic) bond motifs is 1. The summed E-state index contributed by atoms with van der Waals surface area (Å²) in [6, 6.07) is 0.532. The molecule has 2 aromatic heterocycles. The molecule has 0 amide bonds. The van der Waals surface area contributed by atoms with Crippen LogP contribution in [0.2, 0.25) is 0 Å². The first-order valence-electron chi connectivity index (χ1n) is 5.35. The molecule has 0 bridgehead atoms. The Kier molecular flexibility index (Phi) is 1.60. The maximum atomic E-state index is 5.96. The molecule has 0 unspecified atom stereocenters. The molecule has 0 atom stereocenters. The minimum absolute atomic E-state index is 0.532. The van der Waals surface area contributed by atoms with Gasteiger partial charge in [0.2, 0.25) is 5.95 Å². The Bertz CT molecular complexity index is 517. The minimum Gasteiger partial charge on any atom is -0.369 e. The molecule has 5 heteroatoms. The monoisotopic (exact) mass is 205 g/mol. The van der Waals surface area contributed by atoms with Gasteiger partial charge >= 0.3 is 0 Å². The molecule has 80 valence electrons. The molecule has 1 saturated carbocycles. The fourth-order valence-corrected chi connectivity index (χ4v) is 2.32. The van der Waals surface area contributed by atoms with Crippen molar-refractivity contribution < 1.29 is 0 Å². The van der Waals surface area contributed by atoms with E-state index in [1.165, 1.54) is 19.3 Å². The Morgan fingerprint density at radius 1 is 1.40 bits per heavy atom. The van der Waals surface area contributed by atoms with Gasteiger partial charge in [0.05, 0.1) is 5.69 Å². The first-order valence-corrected chi connectivity index (χ1v) is 5.35. The van der Waals surface area contributed by atoms with Gasteiger partial charge in [-0.2, -0.15) is 5.10 Å². The zero-order chi connectivity index (χ0) is 10.6. The van der Waals surface area contributed by atoms with Crippen molar-refractivity contribution in [3.8, 4) is 0 Å². The van der Waals surface area contributed by atoms with Crippen LogP contribution in [0.1, 0.15) is 31.0 Å². The number of aromatic nitrogens is 4. The van der Waals surface area contributed by atoms with Crippen LogP contribution in [0.4, 0.5) is 5.95 Å². The number of nitrogens with two attached hydrogens (primary N) is 1. The normalized spacial score (nSPS) is 17.2. The third-order valence-electron chi connectivity index (χ3n) is 3.30. The Hall–Kier alpha value is -1.52. The number of nitrogen functional groups attached to an aromatic ring is 1. The first-order chi connectivity index (χ1) is 7.18. The topological polar surface area (TPSA) is 61.7 Å². The highest BCUT2D eigenvalue weighted by Crippen LogP contribution is 2.36. The molecule has 1 aliphatic carbocycles. The van der Waals surface area contributed by atoms with Gasteiger partial charge in [0.1, 0.15) is 5.52 Å². The number of anilines is 1.